The number of carbonyl (C=O) groups is 1. The van der Waals surface area contributed by atoms with Gasteiger partial charge in [0.25, 0.3) is 0 Å². The van der Waals surface area contributed by atoms with Gasteiger partial charge in [0.2, 0.25) is 0 Å². The van der Waals surface area contributed by atoms with Crippen LogP contribution in [0, 0.1) is 5.92 Å². The molecule has 1 aliphatic rings. The Labute approximate surface area is 112 Å². The Kier molecular flexibility index (Phi) is 4.09. The molecular weight excluding hydrogens is 252 g/mol. The minimum Gasteiger partial charge on any atom is -0.393 e. The lowest BCUT2D eigenvalue weighted by Gasteiger charge is -2.18. The Morgan fingerprint density at radius 1 is 1.56 bits per heavy atom. The van der Waals surface area contributed by atoms with Gasteiger partial charge in [0, 0.05) is 19.0 Å². The van der Waals surface area contributed by atoms with Crippen LogP contribution in [0.4, 0.5) is 10.5 Å². The van der Waals surface area contributed by atoms with Gasteiger partial charge in [-0.2, -0.15) is 0 Å². The van der Waals surface area contributed by atoms with Crippen LogP contribution in [0.1, 0.15) is 13.3 Å². The number of hydrogen-bond donors (Lipinski definition) is 2. The van der Waals surface area contributed by atoms with E-state index in [0.717, 1.165) is 6.42 Å². The summed E-state index contributed by atoms with van der Waals surface area (Å²) in [5.74, 6) is 0.169. The second-order valence-electron chi connectivity index (χ2n) is 4.65. The van der Waals surface area contributed by atoms with Gasteiger partial charge in [-0.05, 0) is 25.5 Å². The highest BCUT2D eigenvalue weighted by atomic mass is 35.5. The number of aliphatic hydroxyl groups is 1. The van der Waals surface area contributed by atoms with Crippen molar-refractivity contribution in [2.75, 3.05) is 18.4 Å². The second-order valence-corrected chi connectivity index (χ2v) is 5.05. The maximum atomic E-state index is 12.0. The summed E-state index contributed by atoms with van der Waals surface area (Å²) in [6, 6.07) is 6.98. The molecule has 5 heteroatoms. The van der Waals surface area contributed by atoms with E-state index in [9.17, 15) is 9.90 Å². The molecule has 4 nitrogen and oxygen atoms in total. The first-order chi connectivity index (χ1) is 8.58. The van der Waals surface area contributed by atoms with Gasteiger partial charge in [0.05, 0.1) is 16.8 Å². The van der Waals surface area contributed by atoms with Crippen molar-refractivity contribution in [1.29, 1.82) is 0 Å². The minimum atomic E-state index is -0.372. The molecular formula is C13H17ClN2O2. The number of urea groups is 1. The van der Waals surface area contributed by atoms with Crippen LogP contribution in [0.5, 0.6) is 0 Å². The third-order valence-corrected chi connectivity index (χ3v) is 3.64. The molecule has 0 bridgehead atoms. The summed E-state index contributed by atoms with van der Waals surface area (Å²) in [5, 5.41) is 12.8. The fourth-order valence-electron chi connectivity index (χ4n) is 2.12. The second kappa shape index (κ2) is 5.59. The molecule has 2 rings (SSSR count). The Hall–Kier alpha value is -1.26. The van der Waals surface area contributed by atoms with Gasteiger partial charge in [-0.3, -0.25) is 0 Å². The predicted octanol–water partition coefficient (Wildman–Crippen LogP) is 2.57. The van der Waals surface area contributed by atoms with Crippen LogP contribution >= 0.6 is 11.6 Å². The first-order valence-corrected chi connectivity index (χ1v) is 6.44. The predicted molar refractivity (Wildman–Crippen MR) is 71.8 cm³/mol. The Morgan fingerprint density at radius 3 is 2.89 bits per heavy atom. The van der Waals surface area contributed by atoms with Crippen molar-refractivity contribution in [3.8, 4) is 0 Å². The van der Waals surface area contributed by atoms with Crippen LogP contribution in [0.2, 0.25) is 5.02 Å². The number of benzene rings is 1. The van der Waals surface area contributed by atoms with E-state index in [4.69, 9.17) is 11.6 Å². The van der Waals surface area contributed by atoms with E-state index >= 15 is 0 Å². The Balaban J connectivity index is 1.96. The molecule has 2 unspecified atom stereocenters. The summed E-state index contributed by atoms with van der Waals surface area (Å²) < 4.78 is 0. The molecule has 0 spiro atoms. The first-order valence-electron chi connectivity index (χ1n) is 6.06. The minimum absolute atomic E-state index is 0.161. The number of para-hydroxylation sites is 1. The van der Waals surface area contributed by atoms with Gasteiger partial charge in [0.1, 0.15) is 0 Å². The van der Waals surface area contributed by atoms with Crippen LogP contribution in [0.3, 0.4) is 0 Å². The molecule has 1 fully saturated rings. The van der Waals surface area contributed by atoms with E-state index in [0.29, 0.717) is 23.8 Å². The molecule has 0 radical (unpaired) electrons. The van der Waals surface area contributed by atoms with E-state index in [1.54, 1.807) is 24.0 Å². The van der Waals surface area contributed by atoms with E-state index in [2.05, 4.69) is 5.32 Å². The van der Waals surface area contributed by atoms with Crippen LogP contribution in [-0.4, -0.2) is 35.2 Å². The van der Waals surface area contributed by atoms with Crippen molar-refractivity contribution < 1.29 is 9.90 Å². The molecule has 0 aliphatic carbocycles. The maximum absolute atomic E-state index is 12.0. The number of nitrogens with zero attached hydrogens (tertiary/aromatic N) is 1. The number of aliphatic hydroxyl groups excluding tert-OH is 1. The van der Waals surface area contributed by atoms with Crippen LogP contribution in [-0.2, 0) is 0 Å². The number of rotatable bonds is 2. The largest absolute Gasteiger partial charge is 0.393 e. The third-order valence-electron chi connectivity index (χ3n) is 3.31. The number of hydrogen-bond acceptors (Lipinski definition) is 2. The van der Waals surface area contributed by atoms with E-state index < -0.39 is 0 Å². The molecule has 2 N–H and O–H groups in total. The molecule has 1 saturated heterocycles. The number of nitrogens with one attached hydrogen (secondary N) is 1. The fraction of sp³-hybridized carbons (Fsp3) is 0.462. The third kappa shape index (κ3) is 2.94. The average molecular weight is 269 g/mol. The maximum Gasteiger partial charge on any atom is 0.321 e. The van der Waals surface area contributed by atoms with Crippen molar-refractivity contribution in [2.45, 2.75) is 19.4 Å². The number of anilines is 1. The molecule has 2 amide bonds. The molecule has 1 aromatic carbocycles. The summed E-state index contributed by atoms with van der Waals surface area (Å²) in [6.07, 6.45) is 0.469. The zero-order valence-electron chi connectivity index (χ0n) is 10.3. The standard InChI is InChI=1S/C13H17ClN2O2/c1-9(17)10-6-7-16(8-10)13(18)15-12-5-3-2-4-11(12)14/h2-5,9-10,17H,6-8H2,1H3,(H,15,18). The van der Waals surface area contributed by atoms with Crippen LogP contribution in [0.25, 0.3) is 0 Å². The Morgan fingerprint density at radius 2 is 2.28 bits per heavy atom. The zero-order chi connectivity index (χ0) is 13.1. The normalized spacial score (nSPS) is 20.8. The van der Waals surface area contributed by atoms with Crippen LogP contribution in [0.15, 0.2) is 24.3 Å². The summed E-state index contributed by atoms with van der Waals surface area (Å²) in [4.78, 5) is 13.7. The molecule has 0 saturated carbocycles. The topological polar surface area (TPSA) is 52.6 Å². The van der Waals surface area contributed by atoms with E-state index in [1.165, 1.54) is 0 Å². The lowest BCUT2D eigenvalue weighted by Crippen LogP contribution is -2.34. The van der Waals surface area contributed by atoms with Crippen molar-refractivity contribution in [1.82, 2.24) is 4.90 Å². The van der Waals surface area contributed by atoms with Crippen molar-refractivity contribution in [2.24, 2.45) is 5.92 Å². The Bertz CT molecular complexity index is 437. The number of likely N-dealkylation sites (tertiary alicyclic amines) is 1. The van der Waals surface area contributed by atoms with E-state index in [1.807, 2.05) is 12.1 Å². The summed E-state index contributed by atoms with van der Waals surface area (Å²) >= 11 is 5.98. The lowest BCUT2D eigenvalue weighted by molar-refractivity contribution is 0.130. The molecule has 98 valence electrons. The SMILES string of the molecule is CC(O)C1CCN(C(=O)Nc2ccccc2Cl)C1. The highest BCUT2D eigenvalue weighted by Crippen LogP contribution is 2.23. The van der Waals surface area contributed by atoms with Crippen molar-refractivity contribution >= 4 is 23.3 Å². The molecule has 1 aromatic rings. The monoisotopic (exact) mass is 268 g/mol. The first kappa shape index (κ1) is 13.2. The highest BCUT2D eigenvalue weighted by molar-refractivity contribution is 6.33. The molecule has 18 heavy (non-hydrogen) atoms. The van der Waals surface area contributed by atoms with Crippen molar-refractivity contribution in [3.63, 3.8) is 0 Å². The molecule has 0 aromatic heterocycles. The summed E-state index contributed by atoms with van der Waals surface area (Å²) in [5.41, 5.74) is 0.615. The van der Waals surface area contributed by atoms with Gasteiger partial charge in [-0.25, -0.2) is 4.79 Å². The fourth-order valence-corrected chi connectivity index (χ4v) is 2.31. The van der Waals surface area contributed by atoms with Crippen molar-refractivity contribution in [3.05, 3.63) is 29.3 Å². The zero-order valence-corrected chi connectivity index (χ0v) is 11.0. The molecule has 1 aliphatic heterocycles. The van der Waals surface area contributed by atoms with Gasteiger partial charge in [-0.15, -0.1) is 0 Å². The molecule has 2 atom stereocenters. The van der Waals surface area contributed by atoms with Gasteiger partial charge < -0.3 is 15.3 Å². The van der Waals surface area contributed by atoms with Gasteiger partial charge >= 0.3 is 6.03 Å². The number of halogens is 1. The lowest BCUT2D eigenvalue weighted by atomic mass is 10.0. The summed E-state index contributed by atoms with van der Waals surface area (Å²) in [7, 11) is 0. The van der Waals surface area contributed by atoms with Crippen LogP contribution < -0.4 is 5.32 Å². The quantitative estimate of drug-likeness (QED) is 0.866. The highest BCUT2D eigenvalue weighted by Gasteiger charge is 2.29. The van der Waals surface area contributed by atoms with Gasteiger partial charge in [0.15, 0.2) is 0 Å². The average Bonchev–Trinajstić information content (AvgIpc) is 2.81. The van der Waals surface area contributed by atoms with E-state index in [-0.39, 0.29) is 18.1 Å². The number of carbonyl (C=O) groups excluding carboxylic acids is 1. The summed E-state index contributed by atoms with van der Waals surface area (Å²) in [6.45, 7) is 3.03. The number of amides is 2. The van der Waals surface area contributed by atoms with Gasteiger partial charge in [-0.1, -0.05) is 23.7 Å². The smallest absolute Gasteiger partial charge is 0.321 e. The molecule has 1 heterocycles.